The Balaban J connectivity index is 2.54. The highest BCUT2D eigenvalue weighted by molar-refractivity contribution is 5.43. The Morgan fingerprint density at radius 2 is 1.95 bits per heavy atom. The van der Waals surface area contributed by atoms with Crippen molar-refractivity contribution in [3.05, 3.63) is 47.5 Å². The number of rotatable bonds is 2. The second-order valence-corrected chi connectivity index (χ2v) is 4.10. The summed E-state index contributed by atoms with van der Waals surface area (Å²) in [6.07, 6.45) is -3.41. The van der Waals surface area contributed by atoms with E-state index in [1.165, 1.54) is 18.2 Å². The molecule has 19 heavy (non-hydrogen) atoms. The lowest BCUT2D eigenvalue weighted by atomic mass is 10.1. The number of benzene rings is 1. The first-order valence-corrected chi connectivity index (χ1v) is 5.48. The fourth-order valence-corrected chi connectivity index (χ4v) is 1.79. The van der Waals surface area contributed by atoms with Crippen LogP contribution >= 0.6 is 0 Å². The lowest BCUT2D eigenvalue weighted by molar-refractivity contribution is -0.141. The van der Waals surface area contributed by atoms with Gasteiger partial charge in [0.15, 0.2) is 5.69 Å². The Hall–Kier alpha value is -1.89. The van der Waals surface area contributed by atoms with Crippen LogP contribution in [0, 0.1) is 5.82 Å². The van der Waals surface area contributed by atoms with Crippen molar-refractivity contribution in [1.29, 1.82) is 0 Å². The summed E-state index contributed by atoms with van der Waals surface area (Å²) in [4.78, 5) is 0. The van der Waals surface area contributed by atoms with Gasteiger partial charge in [-0.05, 0) is 25.1 Å². The molecule has 0 aliphatic rings. The standard InChI is InChI=1S/C12H11F4N3/c1-7(17)11-8(13)3-2-4-9(11)19-6-5-10(18-19)12(14,15)16/h2-7H,17H2,1H3/t7-/m0/s1. The van der Waals surface area contributed by atoms with Gasteiger partial charge >= 0.3 is 6.18 Å². The van der Waals surface area contributed by atoms with Crippen molar-refractivity contribution < 1.29 is 17.6 Å². The summed E-state index contributed by atoms with van der Waals surface area (Å²) in [5, 5.41) is 3.41. The summed E-state index contributed by atoms with van der Waals surface area (Å²) in [6, 6.07) is 4.24. The van der Waals surface area contributed by atoms with Gasteiger partial charge in [-0.1, -0.05) is 6.07 Å². The number of nitrogens with zero attached hydrogens (tertiary/aromatic N) is 2. The zero-order chi connectivity index (χ0) is 14.2. The molecular formula is C12H11F4N3. The molecule has 3 nitrogen and oxygen atoms in total. The van der Waals surface area contributed by atoms with Gasteiger partial charge in [-0.2, -0.15) is 18.3 Å². The minimum Gasteiger partial charge on any atom is -0.324 e. The molecule has 0 saturated heterocycles. The molecule has 0 amide bonds. The van der Waals surface area contributed by atoms with Crippen molar-refractivity contribution in [3.8, 4) is 5.69 Å². The Labute approximate surface area is 106 Å². The summed E-state index contributed by atoms with van der Waals surface area (Å²) in [7, 11) is 0. The Bertz CT molecular complexity index is 587. The van der Waals surface area contributed by atoms with E-state index >= 15 is 0 Å². The number of hydrogen-bond donors (Lipinski definition) is 1. The van der Waals surface area contributed by atoms with Crippen molar-refractivity contribution in [2.45, 2.75) is 19.1 Å². The zero-order valence-corrected chi connectivity index (χ0v) is 9.95. The molecule has 2 N–H and O–H groups in total. The third-order valence-electron chi connectivity index (χ3n) is 2.61. The van der Waals surface area contributed by atoms with Crippen LogP contribution in [0.1, 0.15) is 24.2 Å². The van der Waals surface area contributed by atoms with Crippen LogP contribution < -0.4 is 5.73 Å². The summed E-state index contributed by atoms with van der Waals surface area (Å²) >= 11 is 0. The Kier molecular flexibility index (Phi) is 3.32. The molecular weight excluding hydrogens is 262 g/mol. The van der Waals surface area contributed by atoms with E-state index in [2.05, 4.69) is 5.10 Å². The average Bonchev–Trinajstić information content (AvgIpc) is 2.76. The zero-order valence-electron chi connectivity index (χ0n) is 9.95. The van der Waals surface area contributed by atoms with Gasteiger partial charge in [0.25, 0.3) is 0 Å². The lowest BCUT2D eigenvalue weighted by Gasteiger charge is -2.13. The Morgan fingerprint density at radius 3 is 2.47 bits per heavy atom. The molecule has 0 spiro atoms. The molecule has 2 rings (SSSR count). The molecule has 1 heterocycles. The van der Waals surface area contributed by atoms with Crippen molar-refractivity contribution in [3.63, 3.8) is 0 Å². The molecule has 0 fully saturated rings. The van der Waals surface area contributed by atoms with E-state index in [1.54, 1.807) is 6.92 Å². The predicted molar refractivity (Wildman–Crippen MR) is 61.1 cm³/mol. The van der Waals surface area contributed by atoms with Crippen LogP contribution in [0.4, 0.5) is 17.6 Å². The molecule has 1 aromatic heterocycles. The summed E-state index contributed by atoms with van der Waals surface area (Å²) < 4.78 is 52.1. The third-order valence-corrected chi connectivity index (χ3v) is 2.61. The first kappa shape index (κ1) is 13.5. The maximum absolute atomic E-state index is 13.7. The van der Waals surface area contributed by atoms with Gasteiger partial charge < -0.3 is 5.73 Å². The quantitative estimate of drug-likeness (QED) is 0.855. The van der Waals surface area contributed by atoms with Gasteiger partial charge in [-0.3, -0.25) is 0 Å². The molecule has 0 aliphatic carbocycles. The smallest absolute Gasteiger partial charge is 0.324 e. The van der Waals surface area contributed by atoms with Crippen LogP contribution in [-0.2, 0) is 6.18 Å². The van der Waals surface area contributed by atoms with E-state index in [9.17, 15) is 17.6 Å². The van der Waals surface area contributed by atoms with E-state index < -0.39 is 23.7 Å². The third kappa shape index (κ3) is 2.60. The van der Waals surface area contributed by atoms with Gasteiger partial charge in [-0.15, -0.1) is 0 Å². The first-order valence-electron chi connectivity index (χ1n) is 5.48. The topological polar surface area (TPSA) is 43.8 Å². The van der Waals surface area contributed by atoms with Gasteiger partial charge in [0.05, 0.1) is 5.69 Å². The van der Waals surface area contributed by atoms with Crippen LogP contribution in [0.3, 0.4) is 0 Å². The highest BCUT2D eigenvalue weighted by atomic mass is 19.4. The van der Waals surface area contributed by atoms with Gasteiger partial charge in [0.1, 0.15) is 5.82 Å². The van der Waals surface area contributed by atoms with Crippen molar-refractivity contribution >= 4 is 0 Å². The molecule has 0 aliphatic heterocycles. The van der Waals surface area contributed by atoms with Crippen molar-refractivity contribution in [2.75, 3.05) is 0 Å². The summed E-state index contributed by atoms with van der Waals surface area (Å²) in [5.74, 6) is -0.573. The van der Waals surface area contributed by atoms with Gasteiger partial charge in [0, 0.05) is 17.8 Å². The monoisotopic (exact) mass is 273 g/mol. The summed E-state index contributed by atoms with van der Waals surface area (Å²) in [6.45, 7) is 1.55. The molecule has 1 atom stereocenters. The number of alkyl halides is 3. The fourth-order valence-electron chi connectivity index (χ4n) is 1.79. The van der Waals surface area contributed by atoms with E-state index in [0.29, 0.717) is 0 Å². The van der Waals surface area contributed by atoms with Crippen LogP contribution in [-0.4, -0.2) is 9.78 Å². The van der Waals surface area contributed by atoms with Crippen LogP contribution in [0.15, 0.2) is 30.5 Å². The van der Waals surface area contributed by atoms with E-state index in [4.69, 9.17) is 5.73 Å². The average molecular weight is 273 g/mol. The number of hydrogen-bond acceptors (Lipinski definition) is 2. The van der Waals surface area contributed by atoms with Crippen LogP contribution in [0.2, 0.25) is 0 Å². The molecule has 0 saturated carbocycles. The lowest BCUT2D eigenvalue weighted by Crippen LogP contribution is -2.13. The second kappa shape index (κ2) is 4.65. The number of nitrogens with two attached hydrogens (primary N) is 1. The van der Waals surface area contributed by atoms with E-state index in [0.717, 1.165) is 16.9 Å². The number of halogens is 4. The molecule has 0 bridgehead atoms. The van der Waals surface area contributed by atoms with Gasteiger partial charge in [-0.25, -0.2) is 9.07 Å². The van der Waals surface area contributed by atoms with Crippen LogP contribution in [0.5, 0.6) is 0 Å². The highest BCUT2D eigenvalue weighted by Gasteiger charge is 2.33. The molecule has 0 unspecified atom stereocenters. The fraction of sp³-hybridized carbons (Fsp3) is 0.250. The maximum Gasteiger partial charge on any atom is 0.435 e. The first-order chi connectivity index (χ1) is 8.80. The minimum atomic E-state index is -4.53. The SMILES string of the molecule is C[C@H](N)c1c(F)cccc1-n1ccc(C(F)(F)F)n1. The molecule has 2 aromatic rings. The summed E-state index contributed by atoms with van der Waals surface area (Å²) in [5.41, 5.74) is 4.93. The molecule has 1 aromatic carbocycles. The Morgan fingerprint density at radius 1 is 1.26 bits per heavy atom. The van der Waals surface area contributed by atoms with E-state index in [1.807, 2.05) is 0 Å². The predicted octanol–water partition coefficient (Wildman–Crippen LogP) is 3.05. The molecule has 0 radical (unpaired) electrons. The van der Waals surface area contributed by atoms with Gasteiger partial charge in [0.2, 0.25) is 0 Å². The normalized spacial score (nSPS) is 13.6. The minimum absolute atomic E-state index is 0.124. The van der Waals surface area contributed by atoms with Crippen molar-refractivity contribution in [1.82, 2.24) is 9.78 Å². The molecule has 7 heteroatoms. The largest absolute Gasteiger partial charge is 0.435 e. The second-order valence-electron chi connectivity index (χ2n) is 4.10. The van der Waals surface area contributed by atoms with Crippen LogP contribution in [0.25, 0.3) is 5.69 Å². The van der Waals surface area contributed by atoms with E-state index in [-0.39, 0.29) is 11.3 Å². The number of aromatic nitrogens is 2. The molecule has 102 valence electrons. The highest BCUT2D eigenvalue weighted by Crippen LogP contribution is 2.29. The maximum atomic E-state index is 13.7. The van der Waals surface area contributed by atoms with Crippen molar-refractivity contribution in [2.24, 2.45) is 5.73 Å².